The van der Waals surface area contributed by atoms with Crippen LogP contribution in [0, 0.1) is 0 Å². The molecular weight excluding hydrogens is 456 g/mol. The van der Waals surface area contributed by atoms with Crippen LogP contribution in [-0.2, 0) is 4.74 Å². The molecule has 1 unspecified atom stereocenters. The number of hydrogen-bond acceptors (Lipinski definition) is 7. The van der Waals surface area contributed by atoms with Crippen LogP contribution in [0.3, 0.4) is 0 Å². The van der Waals surface area contributed by atoms with Crippen molar-refractivity contribution >= 4 is 40.2 Å². The van der Waals surface area contributed by atoms with Gasteiger partial charge in [0.1, 0.15) is 11.1 Å². The van der Waals surface area contributed by atoms with E-state index in [0.29, 0.717) is 18.0 Å². The number of nitrogens with two attached hydrogens (primary N) is 1. The van der Waals surface area contributed by atoms with Crippen LogP contribution in [0.25, 0.3) is 10.4 Å². The third-order valence-electron chi connectivity index (χ3n) is 5.26. The first-order chi connectivity index (χ1) is 16.5. The molecule has 1 aromatic carbocycles. The van der Waals surface area contributed by atoms with Gasteiger partial charge in [-0.1, -0.05) is 30.3 Å². The number of thiophene rings is 1. The molecule has 0 bridgehead atoms. The van der Waals surface area contributed by atoms with Crippen molar-refractivity contribution in [3.05, 3.63) is 60.6 Å². The summed E-state index contributed by atoms with van der Waals surface area (Å²) < 4.78 is 5.75. The maximum absolute atomic E-state index is 13.2. The van der Waals surface area contributed by atoms with E-state index in [1.807, 2.05) is 30.3 Å². The summed E-state index contributed by atoms with van der Waals surface area (Å²) in [6.07, 6.45) is 6.11. The summed E-state index contributed by atoms with van der Waals surface area (Å²) in [7, 11) is 0. The van der Waals surface area contributed by atoms with Crippen molar-refractivity contribution in [3.63, 3.8) is 0 Å². The number of carbonyl (C=O) groups excluding carboxylic acids is 3. The van der Waals surface area contributed by atoms with Gasteiger partial charge in [-0.3, -0.25) is 15.6 Å². The lowest BCUT2D eigenvalue weighted by atomic mass is 10.1. The number of aromatic nitrogens is 2. The summed E-state index contributed by atoms with van der Waals surface area (Å²) in [6.45, 7) is 0.780. The minimum atomic E-state index is -0.579. The second-order valence-corrected chi connectivity index (χ2v) is 8.75. The average molecular weight is 481 g/mol. The van der Waals surface area contributed by atoms with Gasteiger partial charge in [0.2, 0.25) is 0 Å². The van der Waals surface area contributed by atoms with Crippen LogP contribution in [0.4, 0.5) is 20.4 Å². The molecule has 10 nitrogen and oxygen atoms in total. The minimum Gasteiger partial charge on any atom is -0.457 e. The molecule has 4 N–H and O–H groups in total. The Bertz CT molecular complexity index is 1150. The fraction of sp³-hybridized carbons (Fsp3) is 0.261. The monoisotopic (exact) mass is 480 g/mol. The molecule has 1 aliphatic rings. The average Bonchev–Trinajstić information content (AvgIpc) is 3.10. The van der Waals surface area contributed by atoms with Crippen LogP contribution in [0.5, 0.6) is 0 Å². The first kappa shape index (κ1) is 23.2. The molecule has 11 heteroatoms. The lowest BCUT2D eigenvalue weighted by molar-refractivity contribution is 0.0242. The zero-order valence-corrected chi connectivity index (χ0v) is 19.1. The van der Waals surface area contributed by atoms with Crippen molar-refractivity contribution in [2.24, 2.45) is 5.73 Å². The first-order valence-electron chi connectivity index (χ1n) is 10.8. The van der Waals surface area contributed by atoms with E-state index in [1.54, 1.807) is 6.07 Å². The SMILES string of the molecule is NC(=O)N1CCCCC(OC(=O)c2cc(-c3ccccc3)sc2NC(=O)Nc2cnccn2)C1. The molecular formula is C23H24N6O4S. The van der Waals surface area contributed by atoms with E-state index in [2.05, 4.69) is 20.6 Å². The maximum Gasteiger partial charge on any atom is 0.341 e. The Morgan fingerprint density at radius 2 is 1.94 bits per heavy atom. The van der Waals surface area contributed by atoms with Gasteiger partial charge in [0.05, 0.1) is 18.3 Å². The zero-order chi connectivity index (χ0) is 23.9. The molecule has 2 aromatic heterocycles. The quantitative estimate of drug-likeness (QED) is 0.473. The predicted octanol–water partition coefficient (Wildman–Crippen LogP) is 3.94. The molecule has 1 fully saturated rings. The number of anilines is 2. The van der Waals surface area contributed by atoms with Gasteiger partial charge in [0.15, 0.2) is 5.82 Å². The van der Waals surface area contributed by atoms with E-state index in [4.69, 9.17) is 10.5 Å². The fourth-order valence-electron chi connectivity index (χ4n) is 3.61. The summed E-state index contributed by atoms with van der Waals surface area (Å²) in [4.78, 5) is 47.6. The third kappa shape index (κ3) is 5.87. The molecule has 176 valence electrons. The summed E-state index contributed by atoms with van der Waals surface area (Å²) in [5.41, 5.74) is 6.57. The van der Waals surface area contributed by atoms with Gasteiger partial charge in [-0.15, -0.1) is 11.3 Å². The minimum absolute atomic E-state index is 0.230. The Morgan fingerprint density at radius 3 is 2.68 bits per heavy atom. The van der Waals surface area contributed by atoms with Crippen molar-refractivity contribution in [2.45, 2.75) is 25.4 Å². The fourth-order valence-corrected chi connectivity index (χ4v) is 4.66. The molecule has 0 radical (unpaired) electrons. The maximum atomic E-state index is 13.2. The number of benzene rings is 1. The predicted molar refractivity (Wildman–Crippen MR) is 129 cm³/mol. The summed E-state index contributed by atoms with van der Waals surface area (Å²) in [6, 6.07) is 10.1. The molecule has 0 spiro atoms. The number of nitrogens with one attached hydrogen (secondary N) is 2. The highest BCUT2D eigenvalue weighted by atomic mass is 32.1. The number of likely N-dealkylation sites (tertiary alicyclic amines) is 1. The Balaban J connectivity index is 1.55. The van der Waals surface area contributed by atoms with Gasteiger partial charge in [0, 0.05) is 23.8 Å². The Kier molecular flexibility index (Phi) is 7.33. The topological polar surface area (TPSA) is 140 Å². The molecule has 1 atom stereocenters. The number of nitrogens with zero attached hydrogens (tertiary/aromatic N) is 3. The number of rotatable bonds is 5. The number of ether oxygens (including phenoxy) is 1. The van der Waals surface area contributed by atoms with Crippen LogP contribution in [0.1, 0.15) is 29.6 Å². The molecule has 3 heterocycles. The summed E-state index contributed by atoms with van der Waals surface area (Å²) >= 11 is 1.26. The van der Waals surface area contributed by atoms with Gasteiger partial charge in [0.25, 0.3) is 0 Å². The number of amides is 4. The number of hydrogen-bond donors (Lipinski definition) is 3. The summed E-state index contributed by atoms with van der Waals surface area (Å²) in [5.74, 6) is -0.307. The van der Waals surface area contributed by atoms with Crippen LogP contribution in [-0.4, -0.2) is 52.1 Å². The van der Waals surface area contributed by atoms with Crippen molar-refractivity contribution in [1.82, 2.24) is 14.9 Å². The number of urea groups is 2. The zero-order valence-electron chi connectivity index (χ0n) is 18.3. The normalized spacial score (nSPS) is 15.8. The van der Waals surface area contributed by atoms with E-state index in [0.717, 1.165) is 23.3 Å². The highest BCUT2D eigenvalue weighted by Crippen LogP contribution is 2.36. The molecule has 1 aliphatic heterocycles. The Morgan fingerprint density at radius 1 is 1.12 bits per heavy atom. The third-order valence-corrected chi connectivity index (χ3v) is 6.36. The van der Waals surface area contributed by atoms with Crippen LogP contribution >= 0.6 is 11.3 Å². The number of primary amides is 1. The molecule has 4 rings (SSSR count). The van der Waals surface area contributed by atoms with Crippen molar-refractivity contribution < 1.29 is 19.1 Å². The van der Waals surface area contributed by atoms with Crippen molar-refractivity contribution in [1.29, 1.82) is 0 Å². The van der Waals surface area contributed by atoms with Crippen LogP contribution in [0.2, 0.25) is 0 Å². The number of esters is 1. The van der Waals surface area contributed by atoms with Gasteiger partial charge in [-0.25, -0.2) is 19.4 Å². The highest BCUT2D eigenvalue weighted by molar-refractivity contribution is 7.20. The lowest BCUT2D eigenvalue weighted by Crippen LogP contribution is -2.41. The molecule has 0 aliphatic carbocycles. The molecule has 3 aromatic rings. The van der Waals surface area contributed by atoms with Gasteiger partial charge in [-0.2, -0.15) is 0 Å². The van der Waals surface area contributed by atoms with E-state index in [1.165, 1.54) is 34.8 Å². The van der Waals surface area contributed by atoms with E-state index >= 15 is 0 Å². The van der Waals surface area contributed by atoms with Crippen LogP contribution in [0.15, 0.2) is 55.0 Å². The summed E-state index contributed by atoms with van der Waals surface area (Å²) in [5, 5.41) is 5.65. The molecule has 34 heavy (non-hydrogen) atoms. The lowest BCUT2D eigenvalue weighted by Gasteiger charge is -2.22. The molecule has 0 saturated carbocycles. The van der Waals surface area contributed by atoms with Gasteiger partial charge >= 0.3 is 18.0 Å². The van der Waals surface area contributed by atoms with Crippen LogP contribution < -0.4 is 16.4 Å². The first-order valence-corrected chi connectivity index (χ1v) is 11.6. The largest absolute Gasteiger partial charge is 0.457 e. The molecule has 1 saturated heterocycles. The smallest absolute Gasteiger partial charge is 0.341 e. The standard InChI is InChI=1S/C23H24N6O4S/c24-22(31)29-11-5-4-8-16(14-29)33-21(30)17-12-18(15-6-2-1-3-7-15)34-20(17)28-23(32)27-19-13-25-9-10-26-19/h1-3,6-7,9-10,12-13,16H,4-5,8,11,14H2,(H2,24,31)(H2,26,27,28,32). The van der Waals surface area contributed by atoms with Gasteiger partial charge < -0.3 is 15.4 Å². The van der Waals surface area contributed by atoms with E-state index < -0.39 is 24.1 Å². The Hall–Kier alpha value is -3.99. The number of carbonyl (C=O) groups is 3. The van der Waals surface area contributed by atoms with Crippen molar-refractivity contribution in [3.8, 4) is 10.4 Å². The van der Waals surface area contributed by atoms with E-state index in [-0.39, 0.29) is 17.9 Å². The van der Waals surface area contributed by atoms with Gasteiger partial charge in [-0.05, 0) is 30.9 Å². The highest BCUT2D eigenvalue weighted by Gasteiger charge is 2.26. The second-order valence-electron chi connectivity index (χ2n) is 7.70. The van der Waals surface area contributed by atoms with E-state index in [9.17, 15) is 14.4 Å². The second kappa shape index (κ2) is 10.8. The molecule has 4 amide bonds. The van der Waals surface area contributed by atoms with Crippen molar-refractivity contribution in [2.75, 3.05) is 23.7 Å². The Labute approximate surface area is 200 Å².